The molecule has 6 aliphatic heterocycles. The van der Waals surface area contributed by atoms with Gasteiger partial charge in [0.15, 0.2) is 0 Å². The molecule has 6 saturated heterocycles. The summed E-state index contributed by atoms with van der Waals surface area (Å²) in [7, 11) is 0. The Morgan fingerprint density at radius 3 is 2.35 bits per heavy atom. The third-order valence-corrected chi connectivity index (χ3v) is 8.81. The van der Waals surface area contributed by atoms with Gasteiger partial charge in [0.2, 0.25) is 0 Å². The molecular weight excluding hydrogens is 282 g/mol. The van der Waals surface area contributed by atoms with Gasteiger partial charge < -0.3 is 5.32 Å². The van der Waals surface area contributed by atoms with E-state index in [-0.39, 0.29) is 0 Å². The highest BCUT2D eigenvalue weighted by atomic mass is 15.3. The number of hydrogen-bond donors (Lipinski definition) is 1. The van der Waals surface area contributed by atoms with E-state index in [1.807, 2.05) is 0 Å². The molecule has 0 amide bonds. The topological polar surface area (TPSA) is 18.5 Å². The van der Waals surface area contributed by atoms with Crippen LogP contribution in [0, 0.1) is 23.7 Å². The van der Waals surface area contributed by atoms with Crippen molar-refractivity contribution in [2.75, 3.05) is 26.2 Å². The van der Waals surface area contributed by atoms with Gasteiger partial charge in [-0.1, -0.05) is 0 Å². The minimum Gasteiger partial charge on any atom is -0.313 e. The van der Waals surface area contributed by atoms with Crippen molar-refractivity contribution in [3.8, 4) is 0 Å². The molecule has 0 aromatic carbocycles. The van der Waals surface area contributed by atoms with Gasteiger partial charge in [-0.2, -0.15) is 0 Å². The molecule has 9 atom stereocenters. The van der Waals surface area contributed by atoms with E-state index in [2.05, 4.69) is 15.1 Å². The summed E-state index contributed by atoms with van der Waals surface area (Å²) >= 11 is 0. The lowest BCUT2D eigenvalue weighted by Gasteiger charge is -2.58. The van der Waals surface area contributed by atoms with E-state index in [9.17, 15) is 0 Å². The van der Waals surface area contributed by atoms with Crippen molar-refractivity contribution in [1.82, 2.24) is 15.1 Å². The SMILES string of the molecule is C1CC2NCC1CC2C1CC2CCN1CC2N1CC2CCC1C2. The predicted molar refractivity (Wildman–Crippen MR) is 92.3 cm³/mol. The van der Waals surface area contributed by atoms with Crippen LogP contribution in [0.2, 0.25) is 0 Å². The van der Waals surface area contributed by atoms with Gasteiger partial charge in [0.05, 0.1) is 0 Å². The highest BCUT2D eigenvalue weighted by Gasteiger charge is 2.51. The molecule has 9 unspecified atom stereocenters. The van der Waals surface area contributed by atoms with E-state index in [1.54, 1.807) is 0 Å². The van der Waals surface area contributed by atoms with Gasteiger partial charge in [-0.3, -0.25) is 9.80 Å². The Labute approximate surface area is 141 Å². The first-order valence-electron chi connectivity index (χ1n) is 10.6. The summed E-state index contributed by atoms with van der Waals surface area (Å²) in [5, 5.41) is 3.88. The smallest absolute Gasteiger partial charge is 0.0255 e. The van der Waals surface area contributed by atoms with Crippen LogP contribution in [-0.2, 0) is 0 Å². The number of nitrogens with one attached hydrogen (secondary N) is 1. The van der Waals surface area contributed by atoms with E-state index < -0.39 is 0 Å². The molecule has 6 bridgehead atoms. The molecule has 0 spiro atoms. The van der Waals surface area contributed by atoms with Gasteiger partial charge in [0.1, 0.15) is 0 Å². The molecule has 3 nitrogen and oxygen atoms in total. The van der Waals surface area contributed by atoms with Crippen LogP contribution in [0.5, 0.6) is 0 Å². The van der Waals surface area contributed by atoms with Crippen LogP contribution in [-0.4, -0.2) is 60.1 Å². The lowest BCUT2D eigenvalue weighted by atomic mass is 9.66. The van der Waals surface area contributed by atoms with Crippen molar-refractivity contribution in [3.63, 3.8) is 0 Å². The summed E-state index contributed by atoms with van der Waals surface area (Å²) in [4.78, 5) is 5.93. The Kier molecular flexibility index (Phi) is 3.18. The van der Waals surface area contributed by atoms with Crippen molar-refractivity contribution in [2.45, 2.75) is 75.5 Å². The highest BCUT2D eigenvalue weighted by Crippen LogP contribution is 2.47. The molecule has 8 rings (SSSR count). The van der Waals surface area contributed by atoms with Gasteiger partial charge in [-0.05, 0) is 88.1 Å². The Bertz CT molecular complexity index is 472. The average molecular weight is 316 g/mol. The highest BCUT2D eigenvalue weighted by molar-refractivity contribution is 5.07. The summed E-state index contributed by atoms with van der Waals surface area (Å²) < 4.78 is 0. The zero-order valence-electron chi connectivity index (χ0n) is 14.5. The molecule has 8 aliphatic rings. The molecule has 6 heterocycles. The fourth-order valence-electron chi connectivity index (χ4n) is 7.71. The molecule has 0 radical (unpaired) electrons. The first-order chi connectivity index (χ1) is 11.3. The van der Waals surface area contributed by atoms with Crippen molar-refractivity contribution >= 4 is 0 Å². The number of piperidine rings is 6. The maximum absolute atomic E-state index is 3.88. The lowest BCUT2D eigenvalue weighted by molar-refractivity contribution is -0.0744. The van der Waals surface area contributed by atoms with Gasteiger partial charge in [0.25, 0.3) is 0 Å². The monoisotopic (exact) mass is 315 g/mol. The van der Waals surface area contributed by atoms with Crippen molar-refractivity contribution in [2.24, 2.45) is 23.7 Å². The normalized spacial score (nSPS) is 58.2. The second-order valence-electron chi connectivity index (χ2n) is 9.80. The first kappa shape index (κ1) is 14.1. The maximum atomic E-state index is 3.88. The summed E-state index contributed by atoms with van der Waals surface area (Å²) in [5.74, 6) is 4.05. The van der Waals surface area contributed by atoms with Crippen molar-refractivity contribution < 1.29 is 0 Å². The first-order valence-corrected chi connectivity index (χ1v) is 10.6. The zero-order valence-corrected chi connectivity index (χ0v) is 14.5. The summed E-state index contributed by atoms with van der Waals surface area (Å²) in [5.41, 5.74) is 0. The fourth-order valence-corrected chi connectivity index (χ4v) is 7.71. The summed E-state index contributed by atoms with van der Waals surface area (Å²) in [6.45, 7) is 5.57. The third kappa shape index (κ3) is 2.12. The Morgan fingerprint density at radius 1 is 0.783 bits per heavy atom. The molecule has 128 valence electrons. The predicted octanol–water partition coefficient (Wildman–Crippen LogP) is 2.32. The number of hydrogen-bond acceptors (Lipinski definition) is 3. The quantitative estimate of drug-likeness (QED) is 0.844. The minimum absolute atomic E-state index is 0.852. The maximum Gasteiger partial charge on any atom is 0.0255 e. The fraction of sp³-hybridized carbons (Fsp3) is 1.00. The Hall–Kier alpha value is -0.120. The van der Waals surface area contributed by atoms with Gasteiger partial charge in [-0.15, -0.1) is 0 Å². The van der Waals surface area contributed by atoms with Crippen LogP contribution in [0.3, 0.4) is 0 Å². The Balaban J connectivity index is 1.19. The third-order valence-electron chi connectivity index (χ3n) is 8.81. The van der Waals surface area contributed by atoms with Gasteiger partial charge in [-0.25, -0.2) is 0 Å². The van der Waals surface area contributed by atoms with Gasteiger partial charge in [0, 0.05) is 37.3 Å². The van der Waals surface area contributed by atoms with Crippen LogP contribution >= 0.6 is 0 Å². The van der Waals surface area contributed by atoms with E-state index in [4.69, 9.17) is 0 Å². The van der Waals surface area contributed by atoms with Crippen LogP contribution in [0.25, 0.3) is 0 Å². The number of fused-ring (bicyclic) bond motifs is 9. The molecule has 23 heavy (non-hydrogen) atoms. The lowest BCUT2D eigenvalue weighted by Crippen LogP contribution is -2.66. The molecule has 8 fully saturated rings. The van der Waals surface area contributed by atoms with Crippen molar-refractivity contribution in [3.05, 3.63) is 0 Å². The van der Waals surface area contributed by atoms with E-state index in [1.165, 1.54) is 77.5 Å². The summed E-state index contributed by atoms with van der Waals surface area (Å²) in [6, 6.07) is 3.66. The molecule has 0 aromatic rings. The molecule has 0 aromatic heterocycles. The van der Waals surface area contributed by atoms with Crippen LogP contribution < -0.4 is 5.32 Å². The number of rotatable bonds is 2. The minimum atomic E-state index is 0.852. The van der Waals surface area contributed by atoms with E-state index in [0.717, 1.165) is 47.8 Å². The molecule has 1 N–H and O–H groups in total. The summed E-state index contributed by atoms with van der Waals surface area (Å²) in [6.07, 6.45) is 12.1. The molecule has 2 aliphatic carbocycles. The largest absolute Gasteiger partial charge is 0.313 e. The van der Waals surface area contributed by atoms with Crippen LogP contribution in [0.4, 0.5) is 0 Å². The molecular formula is C20H33N3. The Morgan fingerprint density at radius 2 is 1.74 bits per heavy atom. The second kappa shape index (κ2) is 5.19. The molecule has 3 heteroatoms. The van der Waals surface area contributed by atoms with Crippen LogP contribution in [0.1, 0.15) is 51.4 Å². The van der Waals surface area contributed by atoms with E-state index in [0.29, 0.717) is 0 Å². The second-order valence-corrected chi connectivity index (χ2v) is 9.80. The van der Waals surface area contributed by atoms with Crippen molar-refractivity contribution in [1.29, 1.82) is 0 Å². The average Bonchev–Trinajstić information content (AvgIpc) is 3.26. The van der Waals surface area contributed by atoms with E-state index >= 15 is 0 Å². The zero-order chi connectivity index (χ0) is 15.0. The number of likely N-dealkylation sites (tertiary alicyclic amines) is 1. The van der Waals surface area contributed by atoms with Gasteiger partial charge >= 0.3 is 0 Å². The number of nitrogens with zero attached hydrogens (tertiary/aromatic N) is 2. The van der Waals surface area contributed by atoms with Crippen LogP contribution in [0.15, 0.2) is 0 Å². The molecule has 2 saturated carbocycles. The standard InChI is InChI=1S/C20H33N3/c1-3-16-7-14(1)11-23(16)20-12-22-6-5-15(20)9-19(22)17-8-13-2-4-18(17)21-10-13/h13-21H,1-12H2.